The summed E-state index contributed by atoms with van der Waals surface area (Å²) >= 11 is 0. The van der Waals surface area contributed by atoms with E-state index in [1.165, 1.54) is 115 Å². The van der Waals surface area contributed by atoms with E-state index in [2.05, 4.69) is 43.3 Å². The molecule has 0 amide bonds. The molecule has 0 saturated heterocycles. The zero-order chi connectivity index (χ0) is 18.3. The largest absolute Gasteiger partial charge is 0.0654 e. The van der Waals surface area contributed by atoms with E-state index < -0.39 is 0 Å². The van der Waals surface area contributed by atoms with Gasteiger partial charge in [-0.2, -0.15) is 0 Å². The van der Waals surface area contributed by atoms with Crippen molar-refractivity contribution in [3.8, 4) is 0 Å². The van der Waals surface area contributed by atoms with E-state index in [1.54, 1.807) is 5.30 Å². The first kappa shape index (κ1) is 21.4. The fraction of sp³-hybridized carbons (Fsp3) is 0.640. The molecule has 0 unspecified atom stereocenters. The van der Waals surface area contributed by atoms with Crippen LogP contribution in [0.3, 0.4) is 0 Å². The Labute approximate surface area is 163 Å². The summed E-state index contributed by atoms with van der Waals surface area (Å²) in [5, 5.41) is 4.48. The fourth-order valence-corrected chi connectivity index (χ4v) is 4.92. The maximum Gasteiger partial charge on any atom is 0.00928 e. The molecule has 0 N–H and O–H groups in total. The molecule has 0 bridgehead atoms. The van der Waals surface area contributed by atoms with Crippen molar-refractivity contribution >= 4 is 18.7 Å². The summed E-state index contributed by atoms with van der Waals surface area (Å²) in [6.07, 6.45) is 21.5. The number of unbranched alkanes of at least 4 members (excludes halogenated alkanes) is 13. The Balaban J connectivity index is 1.40. The van der Waals surface area contributed by atoms with Gasteiger partial charge in [0.05, 0.1) is 0 Å². The lowest BCUT2D eigenvalue weighted by Gasteiger charge is -2.04. The summed E-state index contributed by atoms with van der Waals surface area (Å²) in [7, 11) is 1.44. The molecule has 1 aromatic carbocycles. The van der Waals surface area contributed by atoms with E-state index in [-0.39, 0.29) is 0 Å². The highest BCUT2D eigenvalue weighted by Crippen LogP contribution is 2.28. The lowest BCUT2D eigenvalue weighted by molar-refractivity contribution is 0.536. The van der Waals surface area contributed by atoms with Crippen LogP contribution in [0.1, 0.15) is 102 Å². The summed E-state index contributed by atoms with van der Waals surface area (Å²) in [6, 6.07) is 13.4. The highest BCUT2D eigenvalue weighted by atomic mass is 31.0. The molecule has 0 aliphatic carbocycles. The molecule has 0 nitrogen and oxygen atoms in total. The number of rotatable bonds is 15. The lowest BCUT2D eigenvalue weighted by Crippen LogP contribution is -1.85. The summed E-state index contributed by atoms with van der Waals surface area (Å²) in [5.74, 6) is 0. The van der Waals surface area contributed by atoms with Crippen molar-refractivity contribution in [3.05, 3.63) is 41.7 Å². The second-order valence-corrected chi connectivity index (χ2v) is 9.12. The molecule has 26 heavy (non-hydrogen) atoms. The van der Waals surface area contributed by atoms with Gasteiger partial charge in [-0.15, -0.1) is 0 Å². The molecule has 1 heterocycles. The summed E-state index contributed by atoms with van der Waals surface area (Å²) in [6.45, 7) is 2.30. The van der Waals surface area contributed by atoms with Crippen molar-refractivity contribution in [3.63, 3.8) is 0 Å². The minimum Gasteiger partial charge on any atom is -0.0654 e. The molecule has 1 heteroatoms. The summed E-state index contributed by atoms with van der Waals surface area (Å²) in [5.41, 5.74) is 0. The van der Waals surface area contributed by atoms with Crippen LogP contribution in [-0.2, 0) is 6.42 Å². The monoisotopic (exact) mass is 370 g/mol. The number of fused-ring (bicyclic) bond motifs is 1. The molecule has 0 fully saturated rings. The topological polar surface area (TPSA) is 0 Å². The van der Waals surface area contributed by atoms with Crippen molar-refractivity contribution in [1.29, 1.82) is 0 Å². The number of benzene rings is 1. The van der Waals surface area contributed by atoms with Crippen LogP contribution in [-0.4, -0.2) is 0 Å². The van der Waals surface area contributed by atoms with Crippen LogP contribution in [0.4, 0.5) is 0 Å². The lowest BCUT2D eigenvalue weighted by atomic mass is 10.0. The molecule has 0 saturated carbocycles. The first-order valence-electron chi connectivity index (χ1n) is 11.2. The maximum absolute atomic E-state index is 2.35. The smallest absolute Gasteiger partial charge is 0.00928 e. The van der Waals surface area contributed by atoms with Gasteiger partial charge in [-0.25, -0.2) is 0 Å². The Morgan fingerprint density at radius 1 is 0.577 bits per heavy atom. The van der Waals surface area contributed by atoms with Crippen molar-refractivity contribution in [2.24, 2.45) is 0 Å². The molecule has 0 aliphatic heterocycles. The first-order valence-corrected chi connectivity index (χ1v) is 12.1. The van der Waals surface area contributed by atoms with E-state index in [4.69, 9.17) is 0 Å². The predicted molar refractivity (Wildman–Crippen MR) is 120 cm³/mol. The van der Waals surface area contributed by atoms with E-state index >= 15 is 0 Å². The predicted octanol–water partition coefficient (Wildman–Crippen LogP) is 9.44. The maximum atomic E-state index is 2.35. The SMILES string of the molecule is CCCCCCCCCCCCCCCCc1ccc2ccccc2p1. The first-order chi connectivity index (χ1) is 12.9. The third-order valence-corrected chi connectivity index (χ3v) is 6.75. The van der Waals surface area contributed by atoms with Gasteiger partial charge in [0, 0.05) is 5.12 Å². The third kappa shape index (κ3) is 9.18. The second kappa shape index (κ2) is 14.2. The van der Waals surface area contributed by atoms with Gasteiger partial charge >= 0.3 is 0 Å². The van der Waals surface area contributed by atoms with E-state index in [1.807, 2.05) is 0 Å². The van der Waals surface area contributed by atoms with Gasteiger partial charge in [0.15, 0.2) is 0 Å². The van der Waals surface area contributed by atoms with Crippen LogP contribution in [0, 0.1) is 0 Å². The van der Waals surface area contributed by atoms with Crippen molar-refractivity contribution in [1.82, 2.24) is 0 Å². The van der Waals surface area contributed by atoms with Crippen LogP contribution in [0.2, 0.25) is 0 Å². The van der Waals surface area contributed by atoms with Crippen LogP contribution in [0.25, 0.3) is 10.5 Å². The molecule has 1 aromatic heterocycles. The Morgan fingerprint density at radius 2 is 1.12 bits per heavy atom. The van der Waals surface area contributed by atoms with Crippen molar-refractivity contribution in [2.45, 2.75) is 103 Å². The standard InChI is InChI=1S/C25H39P/c1-2-3-4-5-6-7-8-9-10-11-12-13-14-15-19-24-22-21-23-18-16-17-20-25(23)26-24/h16-18,20-22H,2-15,19H2,1H3. The molecule has 2 rings (SSSR count). The number of hydrogen-bond donors (Lipinski definition) is 0. The molecular weight excluding hydrogens is 331 g/mol. The normalized spacial score (nSPS) is 11.6. The van der Waals surface area contributed by atoms with E-state index in [9.17, 15) is 0 Å². The zero-order valence-corrected chi connectivity index (χ0v) is 17.9. The Bertz CT molecular complexity index is 589. The number of aryl methyl sites for hydroxylation is 1. The van der Waals surface area contributed by atoms with Gasteiger partial charge in [0.2, 0.25) is 0 Å². The second-order valence-electron chi connectivity index (χ2n) is 7.84. The molecule has 0 radical (unpaired) electrons. The third-order valence-electron chi connectivity index (χ3n) is 5.44. The molecule has 0 aliphatic rings. The molecule has 2 aromatic rings. The minimum atomic E-state index is 1.28. The molecule has 144 valence electrons. The van der Waals surface area contributed by atoms with E-state index in [0.717, 1.165) is 0 Å². The van der Waals surface area contributed by atoms with Gasteiger partial charge in [0.25, 0.3) is 0 Å². The summed E-state index contributed by atoms with van der Waals surface area (Å²) in [4.78, 5) is 0. The molecular formula is C25H39P. The van der Waals surface area contributed by atoms with Gasteiger partial charge < -0.3 is 0 Å². The quantitative estimate of drug-likeness (QED) is 0.274. The van der Waals surface area contributed by atoms with Gasteiger partial charge in [-0.1, -0.05) is 129 Å². The minimum absolute atomic E-state index is 1.28. The Kier molecular flexibility index (Phi) is 11.7. The van der Waals surface area contributed by atoms with Crippen LogP contribution < -0.4 is 0 Å². The molecule has 0 spiro atoms. The highest BCUT2D eigenvalue weighted by Gasteiger charge is 1.98. The summed E-state index contributed by atoms with van der Waals surface area (Å²) < 4.78 is 0. The zero-order valence-electron chi connectivity index (χ0n) is 17.0. The van der Waals surface area contributed by atoms with E-state index in [0.29, 0.717) is 0 Å². The average Bonchev–Trinajstić information content (AvgIpc) is 2.68. The van der Waals surface area contributed by atoms with Crippen LogP contribution in [0.5, 0.6) is 0 Å². The van der Waals surface area contributed by atoms with Crippen LogP contribution in [0.15, 0.2) is 36.4 Å². The number of hydrogen-bond acceptors (Lipinski definition) is 0. The average molecular weight is 371 g/mol. The van der Waals surface area contributed by atoms with Gasteiger partial charge in [-0.05, 0) is 29.6 Å². The Morgan fingerprint density at radius 3 is 1.73 bits per heavy atom. The van der Waals surface area contributed by atoms with Gasteiger partial charge in [-0.3, -0.25) is 0 Å². The van der Waals surface area contributed by atoms with Gasteiger partial charge in [0.1, 0.15) is 0 Å². The highest BCUT2D eigenvalue weighted by molar-refractivity contribution is 7.37. The fourth-order valence-electron chi connectivity index (χ4n) is 3.75. The van der Waals surface area contributed by atoms with Crippen LogP contribution >= 0.6 is 8.19 Å². The Hall–Kier alpha value is -0.870. The van der Waals surface area contributed by atoms with Crippen molar-refractivity contribution < 1.29 is 0 Å². The van der Waals surface area contributed by atoms with Crippen molar-refractivity contribution in [2.75, 3.05) is 0 Å². The molecule has 0 atom stereocenters.